The molecule has 0 radical (unpaired) electrons. The SMILES string of the molecule is O=S(=O)(Nc1ccc(Cl)cc1Cn1ccnn1)c1ccc(Cl)c(Cl)c1. The number of nitrogens with zero attached hydrogens (tertiary/aromatic N) is 3. The summed E-state index contributed by atoms with van der Waals surface area (Å²) in [6.45, 7) is 0.305. The Hall–Kier alpha value is -1.80. The summed E-state index contributed by atoms with van der Waals surface area (Å²) in [5, 5.41) is 8.51. The average molecular weight is 418 g/mol. The zero-order chi connectivity index (χ0) is 18.0. The van der Waals surface area contributed by atoms with E-state index in [2.05, 4.69) is 15.0 Å². The van der Waals surface area contributed by atoms with Crippen molar-refractivity contribution < 1.29 is 8.42 Å². The van der Waals surface area contributed by atoms with E-state index in [-0.39, 0.29) is 14.9 Å². The highest BCUT2D eigenvalue weighted by atomic mass is 35.5. The smallest absolute Gasteiger partial charge is 0.261 e. The summed E-state index contributed by atoms with van der Waals surface area (Å²) in [4.78, 5) is 0.00329. The summed E-state index contributed by atoms with van der Waals surface area (Å²) in [6, 6.07) is 8.94. The normalized spacial score (nSPS) is 11.5. The molecule has 3 rings (SSSR count). The Bertz CT molecular complexity index is 1010. The molecule has 10 heteroatoms. The molecule has 0 bridgehead atoms. The molecule has 1 N–H and O–H groups in total. The van der Waals surface area contributed by atoms with Crippen molar-refractivity contribution in [3.8, 4) is 0 Å². The predicted octanol–water partition coefficient (Wildman–Crippen LogP) is 4.09. The Morgan fingerprint density at radius 1 is 1.04 bits per heavy atom. The first-order valence-electron chi connectivity index (χ1n) is 6.95. The molecule has 0 unspecified atom stereocenters. The molecular formula is C15H11Cl3N4O2S. The van der Waals surface area contributed by atoms with Gasteiger partial charge in [-0.1, -0.05) is 40.0 Å². The van der Waals surface area contributed by atoms with Crippen molar-refractivity contribution >= 4 is 50.5 Å². The number of rotatable bonds is 5. The highest BCUT2D eigenvalue weighted by Crippen LogP contribution is 2.28. The molecule has 0 aliphatic rings. The Morgan fingerprint density at radius 2 is 1.84 bits per heavy atom. The Balaban J connectivity index is 1.95. The second-order valence-electron chi connectivity index (χ2n) is 5.08. The Labute approximate surface area is 159 Å². The third-order valence-electron chi connectivity index (χ3n) is 3.32. The number of halogens is 3. The summed E-state index contributed by atoms with van der Waals surface area (Å²) in [7, 11) is -3.85. The molecule has 0 aliphatic heterocycles. The number of anilines is 1. The molecule has 25 heavy (non-hydrogen) atoms. The van der Waals surface area contributed by atoms with Crippen molar-refractivity contribution in [1.82, 2.24) is 15.0 Å². The minimum Gasteiger partial charge on any atom is -0.279 e. The molecule has 3 aromatic rings. The predicted molar refractivity (Wildman–Crippen MR) is 97.8 cm³/mol. The molecule has 0 fully saturated rings. The van der Waals surface area contributed by atoms with E-state index >= 15 is 0 Å². The summed E-state index contributed by atoms with van der Waals surface area (Å²) in [5.41, 5.74) is 1.02. The fourth-order valence-corrected chi connectivity index (χ4v) is 3.82. The van der Waals surface area contributed by atoms with Gasteiger partial charge in [0.1, 0.15) is 0 Å². The van der Waals surface area contributed by atoms with Crippen LogP contribution in [-0.2, 0) is 16.6 Å². The van der Waals surface area contributed by atoms with E-state index in [4.69, 9.17) is 34.8 Å². The molecule has 130 valence electrons. The molecule has 1 heterocycles. The van der Waals surface area contributed by atoms with Crippen LogP contribution in [0.1, 0.15) is 5.56 Å². The van der Waals surface area contributed by atoms with E-state index in [0.717, 1.165) is 0 Å². The maximum absolute atomic E-state index is 12.6. The lowest BCUT2D eigenvalue weighted by Gasteiger charge is -2.13. The maximum atomic E-state index is 12.6. The van der Waals surface area contributed by atoms with E-state index in [1.807, 2.05) is 0 Å². The van der Waals surface area contributed by atoms with Crippen LogP contribution >= 0.6 is 34.8 Å². The molecule has 2 aromatic carbocycles. The van der Waals surface area contributed by atoms with Gasteiger partial charge in [-0.25, -0.2) is 13.1 Å². The molecule has 0 saturated carbocycles. The zero-order valence-corrected chi connectivity index (χ0v) is 15.6. The van der Waals surface area contributed by atoms with E-state index in [1.54, 1.807) is 29.1 Å². The van der Waals surface area contributed by atoms with Gasteiger partial charge in [-0.15, -0.1) is 5.10 Å². The highest BCUT2D eigenvalue weighted by molar-refractivity contribution is 7.92. The quantitative estimate of drug-likeness (QED) is 0.678. The van der Waals surface area contributed by atoms with Crippen LogP contribution in [0, 0.1) is 0 Å². The summed E-state index contributed by atoms with van der Waals surface area (Å²) in [6.07, 6.45) is 3.20. The minimum absolute atomic E-state index is 0.00329. The molecule has 0 saturated heterocycles. The number of benzene rings is 2. The third kappa shape index (κ3) is 4.24. The molecular weight excluding hydrogens is 407 g/mol. The molecule has 0 spiro atoms. The van der Waals surface area contributed by atoms with Gasteiger partial charge in [0.05, 0.1) is 33.4 Å². The van der Waals surface area contributed by atoms with E-state index < -0.39 is 10.0 Å². The van der Waals surface area contributed by atoms with Gasteiger partial charge in [0, 0.05) is 11.2 Å². The van der Waals surface area contributed by atoms with Crippen LogP contribution in [0.4, 0.5) is 5.69 Å². The number of sulfonamides is 1. The van der Waals surface area contributed by atoms with Gasteiger partial charge in [-0.2, -0.15) is 0 Å². The Kier molecular flexibility index (Phi) is 5.19. The van der Waals surface area contributed by atoms with Crippen LogP contribution in [0.3, 0.4) is 0 Å². The molecule has 1 aromatic heterocycles. The van der Waals surface area contributed by atoms with Crippen molar-refractivity contribution in [2.45, 2.75) is 11.4 Å². The van der Waals surface area contributed by atoms with Gasteiger partial charge < -0.3 is 0 Å². The van der Waals surface area contributed by atoms with Crippen LogP contribution in [0.25, 0.3) is 0 Å². The van der Waals surface area contributed by atoms with Gasteiger partial charge in [-0.3, -0.25) is 4.72 Å². The molecule has 0 atom stereocenters. The minimum atomic E-state index is -3.85. The lowest BCUT2D eigenvalue weighted by Crippen LogP contribution is -2.15. The van der Waals surface area contributed by atoms with Crippen LogP contribution in [0.2, 0.25) is 15.1 Å². The van der Waals surface area contributed by atoms with Crippen LogP contribution in [0.15, 0.2) is 53.7 Å². The molecule has 6 nitrogen and oxygen atoms in total. The van der Waals surface area contributed by atoms with Crippen LogP contribution < -0.4 is 4.72 Å². The number of aromatic nitrogens is 3. The summed E-state index contributed by atoms with van der Waals surface area (Å²) < 4.78 is 29.3. The van der Waals surface area contributed by atoms with Gasteiger partial charge in [0.15, 0.2) is 0 Å². The first kappa shape index (κ1) is 18.0. The largest absolute Gasteiger partial charge is 0.279 e. The van der Waals surface area contributed by atoms with Crippen molar-refractivity contribution in [2.24, 2.45) is 0 Å². The van der Waals surface area contributed by atoms with Crippen molar-refractivity contribution in [3.63, 3.8) is 0 Å². The molecule has 0 aliphatic carbocycles. The second kappa shape index (κ2) is 7.21. The number of hydrogen-bond acceptors (Lipinski definition) is 4. The van der Waals surface area contributed by atoms with Crippen molar-refractivity contribution in [3.05, 3.63) is 69.4 Å². The fourth-order valence-electron chi connectivity index (χ4n) is 2.13. The average Bonchev–Trinajstić information content (AvgIpc) is 3.05. The van der Waals surface area contributed by atoms with E-state index in [1.165, 1.54) is 24.4 Å². The number of nitrogens with one attached hydrogen (secondary N) is 1. The lowest BCUT2D eigenvalue weighted by atomic mass is 10.2. The standard InChI is InChI=1S/C15H11Cl3N4O2S/c16-11-1-4-15(10(7-11)9-22-6-5-19-21-22)20-25(23,24)12-2-3-13(17)14(18)8-12/h1-8,20H,9H2. The highest BCUT2D eigenvalue weighted by Gasteiger charge is 2.18. The van der Waals surface area contributed by atoms with Crippen LogP contribution in [-0.4, -0.2) is 23.4 Å². The number of hydrogen-bond donors (Lipinski definition) is 1. The third-order valence-corrected chi connectivity index (χ3v) is 5.65. The monoisotopic (exact) mass is 416 g/mol. The van der Waals surface area contributed by atoms with Crippen molar-refractivity contribution in [2.75, 3.05) is 4.72 Å². The van der Waals surface area contributed by atoms with Gasteiger partial charge in [-0.05, 0) is 42.0 Å². The fraction of sp³-hybridized carbons (Fsp3) is 0.0667. The first-order valence-corrected chi connectivity index (χ1v) is 9.57. The Morgan fingerprint density at radius 3 is 2.52 bits per heavy atom. The van der Waals surface area contributed by atoms with Crippen molar-refractivity contribution in [1.29, 1.82) is 0 Å². The van der Waals surface area contributed by atoms with E-state index in [9.17, 15) is 8.42 Å². The summed E-state index contributed by atoms with van der Waals surface area (Å²) in [5.74, 6) is 0. The lowest BCUT2D eigenvalue weighted by molar-refractivity contribution is 0.601. The van der Waals surface area contributed by atoms with Crippen LogP contribution in [0.5, 0.6) is 0 Å². The summed E-state index contributed by atoms with van der Waals surface area (Å²) >= 11 is 17.8. The topological polar surface area (TPSA) is 76.9 Å². The van der Waals surface area contributed by atoms with Gasteiger partial charge in [0.25, 0.3) is 10.0 Å². The zero-order valence-electron chi connectivity index (χ0n) is 12.5. The first-order chi connectivity index (χ1) is 11.8. The maximum Gasteiger partial charge on any atom is 0.261 e. The molecule has 0 amide bonds. The van der Waals surface area contributed by atoms with Gasteiger partial charge in [0.2, 0.25) is 0 Å². The van der Waals surface area contributed by atoms with E-state index in [0.29, 0.717) is 22.8 Å². The van der Waals surface area contributed by atoms with Gasteiger partial charge >= 0.3 is 0 Å². The second-order valence-corrected chi connectivity index (χ2v) is 8.02.